The van der Waals surface area contributed by atoms with E-state index in [0.717, 1.165) is 35.3 Å². The van der Waals surface area contributed by atoms with E-state index < -0.39 is 5.41 Å². The Balaban J connectivity index is 1.53. The maximum absolute atomic E-state index is 14.2. The molecule has 6 heteroatoms. The zero-order valence-electron chi connectivity index (χ0n) is 18.9. The molecule has 1 saturated heterocycles. The van der Waals surface area contributed by atoms with Gasteiger partial charge in [-0.3, -0.25) is 9.59 Å². The van der Waals surface area contributed by atoms with Gasteiger partial charge in [-0.25, -0.2) is 9.97 Å². The van der Waals surface area contributed by atoms with Crippen LogP contribution in [0, 0.1) is 11.3 Å². The van der Waals surface area contributed by atoms with Crippen molar-refractivity contribution in [2.75, 3.05) is 19.7 Å². The van der Waals surface area contributed by atoms with Gasteiger partial charge in [0, 0.05) is 18.5 Å². The Morgan fingerprint density at radius 1 is 1.03 bits per heavy atom. The quantitative estimate of drug-likeness (QED) is 0.706. The first-order chi connectivity index (χ1) is 14.8. The second-order valence-electron chi connectivity index (χ2n) is 10.1. The second-order valence-corrected chi connectivity index (χ2v) is 10.1. The molecule has 1 saturated carbocycles. The van der Waals surface area contributed by atoms with E-state index in [1.54, 1.807) is 0 Å². The van der Waals surface area contributed by atoms with Gasteiger partial charge in [-0.1, -0.05) is 32.9 Å². The molecule has 0 radical (unpaired) electrons. The van der Waals surface area contributed by atoms with Gasteiger partial charge in [0.2, 0.25) is 5.91 Å². The highest BCUT2D eigenvalue weighted by atomic mass is 16.5. The predicted molar refractivity (Wildman–Crippen MR) is 118 cm³/mol. The van der Waals surface area contributed by atoms with Crippen molar-refractivity contribution < 1.29 is 14.3 Å². The minimum Gasteiger partial charge on any atom is -0.466 e. The Hall–Kier alpha value is -2.50. The number of fused-ring (bicyclic) bond motifs is 6. The zero-order chi connectivity index (χ0) is 22.0. The van der Waals surface area contributed by atoms with Crippen molar-refractivity contribution >= 4 is 22.9 Å². The number of nitrogens with zero attached hydrogens (tertiary/aromatic N) is 3. The van der Waals surface area contributed by atoms with Crippen molar-refractivity contribution in [3.8, 4) is 0 Å². The average Bonchev–Trinajstić information content (AvgIpc) is 3.07. The first-order valence-electron chi connectivity index (χ1n) is 11.5. The highest BCUT2D eigenvalue weighted by Gasteiger charge is 2.73. The third-order valence-electron chi connectivity index (χ3n) is 8.71. The van der Waals surface area contributed by atoms with Crippen molar-refractivity contribution in [1.82, 2.24) is 14.9 Å². The number of carbonyl (C=O) groups is 2. The number of hydrogen-bond acceptors (Lipinski definition) is 5. The summed E-state index contributed by atoms with van der Waals surface area (Å²) in [5.74, 6) is -0.0834. The van der Waals surface area contributed by atoms with Crippen LogP contribution >= 0.6 is 0 Å². The summed E-state index contributed by atoms with van der Waals surface area (Å²) in [6.07, 6.45) is 3.06. The molecule has 6 nitrogen and oxygen atoms in total. The first-order valence-corrected chi connectivity index (χ1v) is 11.5. The smallest absolute Gasteiger partial charge is 0.309 e. The fraction of sp³-hybridized carbons (Fsp3) is 0.600. The molecule has 1 amide bonds. The molecule has 2 fully saturated rings. The fourth-order valence-electron chi connectivity index (χ4n) is 6.37. The Labute approximate surface area is 183 Å². The number of piperidine rings is 1. The lowest BCUT2D eigenvalue weighted by Crippen LogP contribution is -2.54. The lowest BCUT2D eigenvalue weighted by atomic mass is 9.63. The SMILES string of the molecule is CCOC(=O)C1CCN(C(=O)C23CCC(C)(c4nc5ccccc5nc42)C3(C)C)CC1. The molecular formula is C25H31N3O3. The summed E-state index contributed by atoms with van der Waals surface area (Å²) >= 11 is 0. The van der Waals surface area contributed by atoms with Gasteiger partial charge >= 0.3 is 5.97 Å². The van der Waals surface area contributed by atoms with Crippen LogP contribution in [-0.4, -0.2) is 46.4 Å². The molecule has 31 heavy (non-hydrogen) atoms. The summed E-state index contributed by atoms with van der Waals surface area (Å²) in [6, 6.07) is 7.93. The third-order valence-corrected chi connectivity index (χ3v) is 8.71. The highest BCUT2D eigenvalue weighted by Crippen LogP contribution is 2.70. The second kappa shape index (κ2) is 6.75. The maximum atomic E-state index is 14.2. The Bertz CT molecular complexity index is 1070. The number of hydrogen-bond donors (Lipinski definition) is 0. The minimum absolute atomic E-state index is 0.108. The van der Waals surface area contributed by atoms with Gasteiger partial charge < -0.3 is 9.64 Å². The molecule has 0 N–H and O–H groups in total. The highest BCUT2D eigenvalue weighted by molar-refractivity contribution is 5.93. The van der Waals surface area contributed by atoms with Crippen molar-refractivity contribution in [2.45, 2.75) is 64.2 Å². The predicted octanol–water partition coefficient (Wildman–Crippen LogP) is 3.76. The summed E-state index contributed by atoms with van der Waals surface area (Å²) in [5, 5.41) is 0. The first kappa shape index (κ1) is 20.4. The van der Waals surface area contributed by atoms with E-state index in [1.807, 2.05) is 36.1 Å². The van der Waals surface area contributed by atoms with Gasteiger partial charge in [-0.05, 0) is 50.2 Å². The molecule has 1 aromatic carbocycles. The number of esters is 1. The van der Waals surface area contributed by atoms with E-state index in [4.69, 9.17) is 14.7 Å². The number of ether oxygens (including phenoxy) is 1. The van der Waals surface area contributed by atoms with Gasteiger partial charge in [0.1, 0.15) is 0 Å². The van der Waals surface area contributed by atoms with Gasteiger partial charge in [0.05, 0.1) is 40.4 Å². The largest absolute Gasteiger partial charge is 0.466 e. The standard InChI is InChI=1S/C25H31N3O3/c1-5-31-21(29)16-10-14-28(15-11-16)22(30)25-13-12-24(4,23(25,2)3)19-20(25)27-18-9-7-6-8-17(18)26-19/h6-9,16H,5,10-15H2,1-4H3. The molecular weight excluding hydrogens is 390 g/mol. The average molecular weight is 422 g/mol. The topological polar surface area (TPSA) is 72.4 Å². The summed E-state index contributed by atoms with van der Waals surface area (Å²) in [6.45, 7) is 10.1. The van der Waals surface area contributed by atoms with E-state index in [1.165, 1.54) is 0 Å². The third kappa shape index (κ3) is 2.50. The molecule has 0 spiro atoms. The monoisotopic (exact) mass is 421 g/mol. The molecule has 1 aromatic heterocycles. The summed E-state index contributed by atoms with van der Waals surface area (Å²) in [5.41, 5.74) is 2.49. The van der Waals surface area contributed by atoms with Gasteiger partial charge in [0.15, 0.2) is 0 Å². The number of rotatable bonds is 3. The van der Waals surface area contributed by atoms with Crippen LogP contribution in [-0.2, 0) is 25.2 Å². The van der Waals surface area contributed by atoms with Gasteiger partial charge in [0.25, 0.3) is 0 Å². The van der Waals surface area contributed by atoms with E-state index in [0.29, 0.717) is 32.5 Å². The molecule has 164 valence electrons. The van der Waals surface area contributed by atoms with Crippen LogP contribution in [0.3, 0.4) is 0 Å². The van der Waals surface area contributed by atoms with Crippen LogP contribution in [0.5, 0.6) is 0 Å². The lowest BCUT2D eigenvalue weighted by Gasteiger charge is -2.43. The Morgan fingerprint density at radius 3 is 2.26 bits per heavy atom. The van der Waals surface area contributed by atoms with Crippen LogP contribution in [0.15, 0.2) is 24.3 Å². The minimum atomic E-state index is -0.662. The van der Waals surface area contributed by atoms with Crippen LogP contribution < -0.4 is 0 Å². The number of likely N-dealkylation sites (tertiary alicyclic amines) is 1. The van der Waals surface area contributed by atoms with Crippen molar-refractivity contribution in [3.63, 3.8) is 0 Å². The number of carbonyl (C=O) groups excluding carboxylic acids is 2. The molecule has 2 unspecified atom stereocenters. The molecule has 1 aliphatic heterocycles. The molecule has 2 aromatic rings. The molecule has 2 heterocycles. The van der Waals surface area contributed by atoms with E-state index in [-0.39, 0.29) is 28.6 Å². The Morgan fingerprint density at radius 2 is 1.65 bits per heavy atom. The summed E-state index contributed by atoms with van der Waals surface area (Å²) in [4.78, 5) is 38.4. The molecule has 5 rings (SSSR count). The number of amides is 1. The Kier molecular flexibility index (Phi) is 4.44. The van der Waals surface area contributed by atoms with E-state index in [9.17, 15) is 9.59 Å². The maximum Gasteiger partial charge on any atom is 0.309 e. The van der Waals surface area contributed by atoms with Crippen molar-refractivity contribution in [1.29, 1.82) is 0 Å². The summed E-state index contributed by atoms with van der Waals surface area (Å²) < 4.78 is 5.20. The number of para-hydroxylation sites is 2. The van der Waals surface area contributed by atoms with Crippen LogP contribution in [0.4, 0.5) is 0 Å². The lowest BCUT2D eigenvalue weighted by molar-refractivity contribution is -0.153. The summed E-state index contributed by atoms with van der Waals surface area (Å²) in [7, 11) is 0. The fourth-order valence-corrected chi connectivity index (χ4v) is 6.37. The molecule has 2 atom stereocenters. The normalized spacial score (nSPS) is 29.2. The van der Waals surface area contributed by atoms with Gasteiger partial charge in [-0.2, -0.15) is 0 Å². The van der Waals surface area contributed by atoms with Crippen LogP contribution in [0.25, 0.3) is 11.0 Å². The zero-order valence-corrected chi connectivity index (χ0v) is 18.9. The molecule has 2 aliphatic carbocycles. The van der Waals surface area contributed by atoms with Crippen molar-refractivity contribution in [2.24, 2.45) is 11.3 Å². The molecule has 3 aliphatic rings. The van der Waals surface area contributed by atoms with Crippen molar-refractivity contribution in [3.05, 3.63) is 35.7 Å². The number of aromatic nitrogens is 2. The van der Waals surface area contributed by atoms with E-state index in [2.05, 4.69) is 20.8 Å². The number of benzene rings is 1. The van der Waals surface area contributed by atoms with E-state index >= 15 is 0 Å². The molecule has 2 bridgehead atoms. The van der Waals surface area contributed by atoms with Crippen LogP contribution in [0.2, 0.25) is 0 Å². The van der Waals surface area contributed by atoms with Crippen LogP contribution in [0.1, 0.15) is 64.8 Å². The van der Waals surface area contributed by atoms with Gasteiger partial charge in [-0.15, -0.1) is 0 Å².